The fourth-order valence-corrected chi connectivity index (χ4v) is 2.60. The number of unbranched alkanes of at least 4 members (excludes halogenated alkanes) is 1. The molecule has 0 radical (unpaired) electrons. The highest BCUT2D eigenvalue weighted by Gasteiger charge is 2.08. The van der Waals surface area contributed by atoms with Crippen molar-refractivity contribution in [1.82, 2.24) is 9.97 Å². The minimum absolute atomic E-state index is 0.500. The number of benzene rings is 2. The van der Waals surface area contributed by atoms with Crippen LogP contribution in [0.4, 0.5) is 0 Å². The molecule has 3 aromatic rings. The Hall–Kier alpha value is -3.06. The second kappa shape index (κ2) is 7.67. The highest BCUT2D eigenvalue weighted by molar-refractivity contribution is 5.90. The minimum atomic E-state index is 0.500. The zero-order valence-electron chi connectivity index (χ0n) is 14.5. The molecule has 25 heavy (non-hydrogen) atoms. The number of hydrogen-bond acceptors (Lipinski definition) is 3. The Morgan fingerprint density at radius 2 is 2.16 bits per heavy atom. The maximum Gasteiger partial charge on any atom is 0.149 e. The number of aromatic amines is 1. The lowest BCUT2D eigenvalue weighted by Crippen LogP contribution is -1.96. The molecule has 0 saturated carbocycles. The van der Waals surface area contributed by atoms with Gasteiger partial charge in [-0.15, -0.1) is 0 Å². The van der Waals surface area contributed by atoms with Gasteiger partial charge in [0.1, 0.15) is 17.6 Å². The Labute approximate surface area is 147 Å². The molecule has 0 fully saturated rings. The molecule has 4 heteroatoms. The van der Waals surface area contributed by atoms with E-state index in [1.807, 2.05) is 55.5 Å². The Bertz CT molecular complexity index is 947. The summed E-state index contributed by atoms with van der Waals surface area (Å²) in [6, 6.07) is 16.0. The van der Waals surface area contributed by atoms with E-state index in [9.17, 15) is 5.26 Å². The standard InChI is InChI=1S/C21H21N3O/c1-3-4-10-25-18-7-5-6-16(13-18)12-17(14-22)21-23-19-9-8-15(2)11-20(19)24-21/h5-9,11-13H,3-4,10H2,1-2H3,(H,23,24)/b17-12-. The van der Waals surface area contributed by atoms with E-state index in [0.29, 0.717) is 18.0 Å². The number of allylic oxidation sites excluding steroid dienone is 1. The largest absolute Gasteiger partial charge is 0.494 e. The van der Waals surface area contributed by atoms with Gasteiger partial charge in [-0.3, -0.25) is 0 Å². The molecule has 1 N–H and O–H groups in total. The summed E-state index contributed by atoms with van der Waals surface area (Å²) in [5.74, 6) is 1.40. The first-order valence-electron chi connectivity index (χ1n) is 8.51. The summed E-state index contributed by atoms with van der Waals surface area (Å²) in [6.07, 6.45) is 3.96. The van der Waals surface area contributed by atoms with Crippen molar-refractivity contribution in [3.63, 3.8) is 0 Å². The van der Waals surface area contributed by atoms with Gasteiger partial charge >= 0.3 is 0 Å². The summed E-state index contributed by atoms with van der Waals surface area (Å²) in [5, 5.41) is 9.55. The summed E-state index contributed by atoms with van der Waals surface area (Å²) < 4.78 is 5.73. The van der Waals surface area contributed by atoms with Crippen LogP contribution in [0.1, 0.15) is 36.7 Å². The number of ether oxygens (including phenoxy) is 1. The van der Waals surface area contributed by atoms with Crippen molar-refractivity contribution in [2.45, 2.75) is 26.7 Å². The van der Waals surface area contributed by atoms with Gasteiger partial charge in [0.2, 0.25) is 0 Å². The van der Waals surface area contributed by atoms with Gasteiger partial charge in [-0.1, -0.05) is 31.5 Å². The van der Waals surface area contributed by atoms with Crippen LogP contribution in [0.3, 0.4) is 0 Å². The maximum absolute atomic E-state index is 9.55. The quantitative estimate of drug-likeness (QED) is 0.504. The molecule has 0 saturated heterocycles. The number of rotatable bonds is 6. The summed E-state index contributed by atoms with van der Waals surface area (Å²) in [7, 11) is 0. The third-order valence-corrected chi connectivity index (χ3v) is 3.95. The van der Waals surface area contributed by atoms with E-state index < -0.39 is 0 Å². The first-order chi connectivity index (χ1) is 12.2. The second-order valence-electron chi connectivity index (χ2n) is 6.05. The molecule has 0 atom stereocenters. The van der Waals surface area contributed by atoms with Gasteiger partial charge in [0.25, 0.3) is 0 Å². The zero-order chi connectivity index (χ0) is 17.6. The van der Waals surface area contributed by atoms with Crippen LogP contribution in [0.25, 0.3) is 22.7 Å². The van der Waals surface area contributed by atoms with E-state index in [0.717, 1.165) is 40.8 Å². The molecule has 126 valence electrons. The average molecular weight is 331 g/mol. The van der Waals surface area contributed by atoms with E-state index in [4.69, 9.17) is 4.74 Å². The van der Waals surface area contributed by atoms with Crippen LogP contribution in [-0.4, -0.2) is 16.6 Å². The molecular weight excluding hydrogens is 310 g/mol. The Balaban J connectivity index is 1.89. The van der Waals surface area contributed by atoms with E-state index in [1.165, 1.54) is 0 Å². The van der Waals surface area contributed by atoms with Crippen molar-refractivity contribution in [3.05, 3.63) is 59.4 Å². The monoisotopic (exact) mass is 331 g/mol. The number of hydrogen-bond donors (Lipinski definition) is 1. The first kappa shape index (κ1) is 16.8. The predicted molar refractivity (Wildman–Crippen MR) is 101 cm³/mol. The van der Waals surface area contributed by atoms with Gasteiger partial charge in [0.05, 0.1) is 23.2 Å². The normalized spacial score (nSPS) is 11.5. The summed E-state index contributed by atoms with van der Waals surface area (Å²) in [4.78, 5) is 7.76. The van der Waals surface area contributed by atoms with Crippen molar-refractivity contribution in [1.29, 1.82) is 5.26 Å². The molecular formula is C21H21N3O. The number of H-pyrrole nitrogens is 1. The van der Waals surface area contributed by atoms with Crippen LogP contribution >= 0.6 is 0 Å². The van der Waals surface area contributed by atoms with Crippen LogP contribution in [0.15, 0.2) is 42.5 Å². The van der Waals surface area contributed by atoms with Gasteiger partial charge in [-0.25, -0.2) is 4.98 Å². The number of aryl methyl sites for hydroxylation is 1. The number of aromatic nitrogens is 2. The Kier molecular flexibility index (Phi) is 5.15. The van der Waals surface area contributed by atoms with Crippen LogP contribution in [0, 0.1) is 18.3 Å². The van der Waals surface area contributed by atoms with Crippen molar-refractivity contribution >= 4 is 22.7 Å². The lowest BCUT2D eigenvalue weighted by molar-refractivity contribution is 0.309. The molecule has 0 unspecified atom stereocenters. The van der Waals surface area contributed by atoms with Crippen LogP contribution in [-0.2, 0) is 0 Å². The van der Waals surface area contributed by atoms with Crippen LogP contribution in [0.2, 0.25) is 0 Å². The topological polar surface area (TPSA) is 61.7 Å². The van der Waals surface area contributed by atoms with Gasteiger partial charge < -0.3 is 9.72 Å². The van der Waals surface area contributed by atoms with Crippen LogP contribution in [0.5, 0.6) is 5.75 Å². The van der Waals surface area contributed by atoms with Crippen molar-refractivity contribution in [2.75, 3.05) is 6.61 Å². The van der Waals surface area contributed by atoms with Gasteiger partial charge in [0.15, 0.2) is 0 Å². The van der Waals surface area contributed by atoms with Crippen LogP contribution < -0.4 is 4.74 Å². The van der Waals surface area contributed by atoms with E-state index in [1.54, 1.807) is 0 Å². The fourth-order valence-electron chi connectivity index (χ4n) is 2.60. The Morgan fingerprint density at radius 3 is 2.96 bits per heavy atom. The number of nitrogens with one attached hydrogen (secondary N) is 1. The van der Waals surface area contributed by atoms with Gasteiger partial charge in [-0.05, 0) is 54.8 Å². The molecule has 4 nitrogen and oxygen atoms in total. The Morgan fingerprint density at radius 1 is 1.28 bits per heavy atom. The van der Waals surface area contributed by atoms with E-state index in [2.05, 4.69) is 23.0 Å². The smallest absolute Gasteiger partial charge is 0.149 e. The van der Waals surface area contributed by atoms with Gasteiger partial charge in [-0.2, -0.15) is 5.26 Å². The SMILES string of the molecule is CCCCOc1cccc(/C=C(/C#N)c2nc3ccc(C)cc3[nH]2)c1. The summed E-state index contributed by atoms with van der Waals surface area (Å²) >= 11 is 0. The molecule has 0 bridgehead atoms. The van der Waals surface area contributed by atoms with E-state index >= 15 is 0 Å². The predicted octanol–water partition coefficient (Wildman–Crippen LogP) is 5.11. The van der Waals surface area contributed by atoms with E-state index in [-0.39, 0.29) is 0 Å². The lowest BCUT2D eigenvalue weighted by Gasteiger charge is -2.05. The zero-order valence-corrected chi connectivity index (χ0v) is 14.5. The molecule has 1 aromatic heterocycles. The number of imidazole rings is 1. The van der Waals surface area contributed by atoms with Crippen molar-refractivity contribution in [2.24, 2.45) is 0 Å². The lowest BCUT2D eigenvalue weighted by atomic mass is 10.1. The molecule has 0 aliphatic carbocycles. The number of nitriles is 1. The third kappa shape index (κ3) is 4.07. The molecule has 3 rings (SSSR count). The van der Waals surface area contributed by atoms with Crippen molar-refractivity contribution in [3.8, 4) is 11.8 Å². The molecule has 1 heterocycles. The summed E-state index contributed by atoms with van der Waals surface area (Å²) in [6.45, 7) is 4.87. The number of nitrogens with zero attached hydrogens (tertiary/aromatic N) is 2. The highest BCUT2D eigenvalue weighted by atomic mass is 16.5. The molecule has 0 aliphatic heterocycles. The van der Waals surface area contributed by atoms with Gasteiger partial charge in [0, 0.05) is 0 Å². The maximum atomic E-state index is 9.55. The fraction of sp³-hybridized carbons (Fsp3) is 0.238. The highest BCUT2D eigenvalue weighted by Crippen LogP contribution is 2.22. The minimum Gasteiger partial charge on any atom is -0.494 e. The molecule has 0 amide bonds. The van der Waals surface area contributed by atoms with Crippen molar-refractivity contribution < 1.29 is 4.74 Å². The summed E-state index contributed by atoms with van der Waals surface area (Å²) in [5.41, 5.74) is 4.37. The average Bonchev–Trinajstić information content (AvgIpc) is 3.03. The third-order valence-electron chi connectivity index (χ3n) is 3.95. The first-order valence-corrected chi connectivity index (χ1v) is 8.51. The second-order valence-corrected chi connectivity index (χ2v) is 6.05. The molecule has 0 aliphatic rings. The molecule has 2 aromatic carbocycles. The number of fused-ring (bicyclic) bond motifs is 1. The molecule has 0 spiro atoms.